The minimum absolute atomic E-state index is 0.177. The molecule has 7 heteroatoms. The lowest BCUT2D eigenvalue weighted by molar-refractivity contribution is 0.567. The third-order valence-electron chi connectivity index (χ3n) is 3.36. The van der Waals surface area contributed by atoms with Gasteiger partial charge < -0.3 is 4.90 Å². The van der Waals surface area contributed by atoms with Crippen LogP contribution < -0.4 is 4.90 Å². The van der Waals surface area contributed by atoms with Gasteiger partial charge in [-0.2, -0.15) is 15.0 Å². The number of benzene rings is 1. The average molecular weight is 344 g/mol. The molecule has 2 aromatic rings. The van der Waals surface area contributed by atoms with Crippen molar-refractivity contribution in [1.82, 2.24) is 15.0 Å². The van der Waals surface area contributed by atoms with E-state index in [1.54, 1.807) is 18.2 Å². The monoisotopic (exact) mass is 342 g/mol. The van der Waals surface area contributed by atoms with E-state index in [1.165, 1.54) is 6.42 Å². The fourth-order valence-electron chi connectivity index (χ4n) is 2.39. The summed E-state index contributed by atoms with van der Waals surface area (Å²) in [5.41, 5.74) is 0.732. The summed E-state index contributed by atoms with van der Waals surface area (Å²) >= 11 is 18.1. The third kappa shape index (κ3) is 3.57. The molecule has 0 aliphatic carbocycles. The second kappa shape index (κ2) is 6.34. The molecule has 110 valence electrons. The Morgan fingerprint density at radius 1 is 0.810 bits per heavy atom. The molecule has 3 rings (SSSR count). The molecular weight excluding hydrogens is 331 g/mol. The van der Waals surface area contributed by atoms with Crippen molar-refractivity contribution in [2.75, 3.05) is 18.0 Å². The maximum Gasteiger partial charge on any atom is 0.230 e. The van der Waals surface area contributed by atoms with Crippen molar-refractivity contribution in [3.8, 4) is 11.4 Å². The molecule has 21 heavy (non-hydrogen) atoms. The Labute approximate surface area is 138 Å². The maximum absolute atomic E-state index is 6.04. The van der Waals surface area contributed by atoms with E-state index in [0.717, 1.165) is 31.5 Å². The van der Waals surface area contributed by atoms with Crippen LogP contribution in [0.1, 0.15) is 19.3 Å². The van der Waals surface area contributed by atoms with Gasteiger partial charge in [0, 0.05) is 28.7 Å². The minimum atomic E-state index is 0.177. The van der Waals surface area contributed by atoms with Crippen molar-refractivity contribution >= 4 is 40.8 Å². The molecule has 0 amide bonds. The van der Waals surface area contributed by atoms with E-state index in [4.69, 9.17) is 34.8 Å². The molecule has 1 aromatic carbocycles. The first-order valence-electron chi connectivity index (χ1n) is 6.75. The maximum atomic E-state index is 6.04. The lowest BCUT2D eigenvalue weighted by atomic mass is 10.1. The number of hydrogen-bond acceptors (Lipinski definition) is 4. The molecule has 1 saturated heterocycles. The zero-order valence-corrected chi connectivity index (χ0v) is 13.5. The molecule has 0 radical (unpaired) electrons. The van der Waals surface area contributed by atoms with Gasteiger partial charge in [-0.1, -0.05) is 23.2 Å². The number of halogens is 3. The topological polar surface area (TPSA) is 41.9 Å². The highest BCUT2D eigenvalue weighted by Gasteiger charge is 2.16. The Bertz CT molecular complexity index is 636. The second-order valence-corrected chi connectivity index (χ2v) is 6.14. The van der Waals surface area contributed by atoms with E-state index in [2.05, 4.69) is 19.9 Å². The van der Waals surface area contributed by atoms with Crippen LogP contribution in [0.5, 0.6) is 0 Å². The van der Waals surface area contributed by atoms with Crippen LogP contribution in [-0.2, 0) is 0 Å². The molecule has 0 spiro atoms. The molecule has 1 aliphatic rings. The Hall–Kier alpha value is -1.10. The van der Waals surface area contributed by atoms with Crippen LogP contribution in [0.25, 0.3) is 11.4 Å². The van der Waals surface area contributed by atoms with E-state index < -0.39 is 0 Å². The van der Waals surface area contributed by atoms with Gasteiger partial charge in [-0.25, -0.2) is 0 Å². The van der Waals surface area contributed by atoms with Gasteiger partial charge in [0.25, 0.3) is 0 Å². The molecule has 2 heterocycles. The van der Waals surface area contributed by atoms with Crippen molar-refractivity contribution in [2.24, 2.45) is 0 Å². The molecule has 0 bridgehead atoms. The summed E-state index contributed by atoms with van der Waals surface area (Å²) in [6.45, 7) is 1.88. The van der Waals surface area contributed by atoms with Gasteiger partial charge in [0.05, 0.1) is 0 Å². The molecule has 1 aromatic heterocycles. The quantitative estimate of drug-likeness (QED) is 0.805. The Morgan fingerprint density at radius 2 is 1.48 bits per heavy atom. The molecule has 0 atom stereocenters. The number of piperidine rings is 1. The summed E-state index contributed by atoms with van der Waals surface area (Å²) in [7, 11) is 0. The summed E-state index contributed by atoms with van der Waals surface area (Å²) in [5.74, 6) is 1.10. The van der Waals surface area contributed by atoms with Crippen LogP contribution in [0.3, 0.4) is 0 Å². The Morgan fingerprint density at radius 3 is 2.14 bits per heavy atom. The first-order valence-corrected chi connectivity index (χ1v) is 7.88. The van der Waals surface area contributed by atoms with Crippen LogP contribution >= 0.6 is 34.8 Å². The first-order chi connectivity index (χ1) is 10.1. The van der Waals surface area contributed by atoms with Gasteiger partial charge in [-0.15, -0.1) is 0 Å². The van der Waals surface area contributed by atoms with Crippen LogP contribution in [0.2, 0.25) is 15.3 Å². The van der Waals surface area contributed by atoms with Crippen molar-refractivity contribution in [2.45, 2.75) is 19.3 Å². The normalized spacial score (nSPS) is 15.3. The molecule has 4 nitrogen and oxygen atoms in total. The molecule has 0 saturated carbocycles. The van der Waals surface area contributed by atoms with Gasteiger partial charge in [0.15, 0.2) is 5.82 Å². The van der Waals surface area contributed by atoms with Gasteiger partial charge in [0.1, 0.15) is 0 Å². The number of nitrogens with zero attached hydrogens (tertiary/aromatic N) is 4. The first kappa shape index (κ1) is 14.8. The van der Waals surface area contributed by atoms with Gasteiger partial charge >= 0.3 is 0 Å². The molecule has 0 unspecified atom stereocenters. The summed E-state index contributed by atoms with van der Waals surface area (Å²) in [6.07, 6.45) is 3.52. The van der Waals surface area contributed by atoms with Gasteiger partial charge in [0.2, 0.25) is 11.2 Å². The molecule has 1 fully saturated rings. The summed E-state index contributed by atoms with van der Waals surface area (Å²) in [4.78, 5) is 15.1. The fraction of sp³-hybridized carbons (Fsp3) is 0.357. The molecule has 0 N–H and O–H groups in total. The number of anilines is 1. The van der Waals surface area contributed by atoms with E-state index in [1.807, 2.05) is 0 Å². The second-order valence-electron chi connectivity index (χ2n) is 4.93. The summed E-state index contributed by atoms with van der Waals surface area (Å²) in [6, 6.07) is 5.19. The average Bonchev–Trinajstić information content (AvgIpc) is 2.46. The van der Waals surface area contributed by atoms with Crippen LogP contribution in [0, 0.1) is 0 Å². The van der Waals surface area contributed by atoms with E-state index in [-0.39, 0.29) is 5.28 Å². The summed E-state index contributed by atoms with van der Waals surface area (Å²) < 4.78 is 0. The highest BCUT2D eigenvalue weighted by Crippen LogP contribution is 2.27. The molecule has 1 aliphatic heterocycles. The minimum Gasteiger partial charge on any atom is -0.341 e. The zero-order valence-electron chi connectivity index (χ0n) is 11.2. The smallest absolute Gasteiger partial charge is 0.230 e. The number of aromatic nitrogens is 3. The largest absolute Gasteiger partial charge is 0.341 e. The van der Waals surface area contributed by atoms with E-state index in [0.29, 0.717) is 21.8 Å². The lowest BCUT2D eigenvalue weighted by Crippen LogP contribution is -2.31. The van der Waals surface area contributed by atoms with Crippen molar-refractivity contribution < 1.29 is 0 Å². The van der Waals surface area contributed by atoms with Crippen LogP contribution in [-0.4, -0.2) is 28.0 Å². The Balaban J connectivity index is 2.00. The Kier molecular flexibility index (Phi) is 4.48. The number of hydrogen-bond donors (Lipinski definition) is 0. The predicted molar refractivity (Wildman–Crippen MR) is 86.4 cm³/mol. The van der Waals surface area contributed by atoms with Crippen molar-refractivity contribution in [1.29, 1.82) is 0 Å². The molecular formula is C14H13Cl3N4. The van der Waals surface area contributed by atoms with E-state index in [9.17, 15) is 0 Å². The fourth-order valence-corrected chi connectivity index (χ4v) is 3.07. The lowest BCUT2D eigenvalue weighted by Gasteiger charge is -2.26. The van der Waals surface area contributed by atoms with Crippen LogP contribution in [0.4, 0.5) is 5.95 Å². The van der Waals surface area contributed by atoms with Gasteiger partial charge in [-0.3, -0.25) is 0 Å². The zero-order chi connectivity index (χ0) is 14.8. The highest BCUT2D eigenvalue weighted by molar-refractivity contribution is 6.35. The number of rotatable bonds is 2. The van der Waals surface area contributed by atoms with Crippen LogP contribution in [0.15, 0.2) is 18.2 Å². The van der Waals surface area contributed by atoms with Crippen molar-refractivity contribution in [3.63, 3.8) is 0 Å². The van der Waals surface area contributed by atoms with E-state index >= 15 is 0 Å². The summed E-state index contributed by atoms with van der Waals surface area (Å²) in [5, 5.41) is 1.25. The highest BCUT2D eigenvalue weighted by atomic mass is 35.5. The third-order valence-corrected chi connectivity index (χ3v) is 3.96. The SMILES string of the molecule is Clc1cc(Cl)cc(-c2nc(Cl)nc(N3CCCCC3)n2)c1. The standard InChI is InChI=1S/C14H13Cl3N4/c15-10-6-9(7-11(16)8-10)12-18-13(17)20-14(19-12)21-4-2-1-3-5-21/h6-8H,1-5H2. The van der Waals surface area contributed by atoms with Crippen molar-refractivity contribution in [3.05, 3.63) is 33.5 Å². The predicted octanol–water partition coefficient (Wildman–Crippen LogP) is 4.49. The van der Waals surface area contributed by atoms with Gasteiger partial charge in [-0.05, 0) is 49.1 Å².